The van der Waals surface area contributed by atoms with Gasteiger partial charge < -0.3 is 0 Å². The number of hydrogen-bond acceptors (Lipinski definition) is 2. The molecule has 0 aromatic heterocycles. The van der Waals surface area contributed by atoms with Crippen LogP contribution in [0, 0.1) is 0 Å². The van der Waals surface area contributed by atoms with Crippen molar-refractivity contribution in [2.45, 2.75) is 31.7 Å². The minimum absolute atomic E-state index is 0.132. The number of carbonyl (C=O) groups excluding carboxylic acids is 2. The van der Waals surface area contributed by atoms with Crippen LogP contribution in [0.25, 0.3) is 0 Å². The summed E-state index contributed by atoms with van der Waals surface area (Å²) in [7, 11) is 0. The zero-order valence-corrected chi connectivity index (χ0v) is 6.82. The lowest BCUT2D eigenvalue weighted by molar-refractivity contribution is -0.139. The Morgan fingerprint density at radius 2 is 1.58 bits per heavy atom. The molecular weight excluding hydrogens is 154 g/mol. The van der Waals surface area contributed by atoms with Crippen LogP contribution in [0.4, 0.5) is 0 Å². The van der Waals surface area contributed by atoms with Crippen molar-refractivity contribution in [2.24, 2.45) is 0 Å². The largest absolute Gasteiger partial charge is 0.272 e. The molecule has 0 saturated heterocycles. The molecule has 1 aliphatic carbocycles. The molecule has 0 bridgehead atoms. The molecule has 2 aliphatic rings. The van der Waals surface area contributed by atoms with Gasteiger partial charge in [0.2, 0.25) is 0 Å². The van der Waals surface area contributed by atoms with Crippen LogP contribution in [0.3, 0.4) is 0 Å². The van der Waals surface area contributed by atoms with E-state index in [9.17, 15) is 9.59 Å². The van der Waals surface area contributed by atoms with Crippen molar-refractivity contribution < 1.29 is 9.59 Å². The first-order valence-corrected chi connectivity index (χ1v) is 4.34. The van der Waals surface area contributed by atoms with Gasteiger partial charge in [-0.2, -0.15) is 0 Å². The van der Waals surface area contributed by atoms with E-state index in [4.69, 9.17) is 0 Å². The van der Waals surface area contributed by atoms with Crippen molar-refractivity contribution in [1.29, 1.82) is 0 Å². The van der Waals surface area contributed by atoms with Gasteiger partial charge in [0.1, 0.15) is 0 Å². The highest BCUT2D eigenvalue weighted by Crippen LogP contribution is 2.25. The lowest BCUT2D eigenvalue weighted by Gasteiger charge is -2.20. The minimum atomic E-state index is -0.132. The van der Waals surface area contributed by atoms with E-state index >= 15 is 0 Å². The second-order valence-corrected chi connectivity index (χ2v) is 3.32. The fourth-order valence-electron chi connectivity index (χ4n) is 1.93. The minimum Gasteiger partial charge on any atom is -0.272 e. The molecule has 0 unspecified atom stereocenters. The molecule has 64 valence electrons. The molecule has 0 radical (unpaired) electrons. The highest BCUT2D eigenvalue weighted by molar-refractivity contribution is 6.13. The van der Waals surface area contributed by atoms with Crippen molar-refractivity contribution in [3.63, 3.8) is 0 Å². The fourth-order valence-corrected chi connectivity index (χ4v) is 1.93. The molecule has 1 fully saturated rings. The predicted octanol–water partition coefficient (Wildman–Crippen LogP) is 0.854. The van der Waals surface area contributed by atoms with E-state index in [2.05, 4.69) is 0 Å². The topological polar surface area (TPSA) is 37.4 Å². The maximum absolute atomic E-state index is 11.2. The van der Waals surface area contributed by atoms with Gasteiger partial charge in [-0.1, -0.05) is 12.8 Å². The highest BCUT2D eigenvalue weighted by Gasteiger charge is 2.32. The van der Waals surface area contributed by atoms with Crippen molar-refractivity contribution in [3.8, 4) is 0 Å². The first-order valence-electron chi connectivity index (χ1n) is 4.34. The van der Waals surface area contributed by atoms with E-state index in [1.54, 1.807) is 0 Å². The van der Waals surface area contributed by atoms with E-state index in [1.165, 1.54) is 17.1 Å². The summed E-state index contributed by atoms with van der Waals surface area (Å²) < 4.78 is 0. The van der Waals surface area contributed by atoms with E-state index in [0.29, 0.717) is 0 Å². The summed E-state index contributed by atoms with van der Waals surface area (Å²) in [5.41, 5.74) is 0. The molecular formula is C9H11NO2. The van der Waals surface area contributed by atoms with E-state index in [-0.39, 0.29) is 17.9 Å². The van der Waals surface area contributed by atoms with Gasteiger partial charge in [0.05, 0.1) is 0 Å². The third-order valence-corrected chi connectivity index (χ3v) is 2.53. The molecule has 0 aromatic carbocycles. The number of amides is 2. The van der Waals surface area contributed by atoms with Crippen molar-refractivity contribution >= 4 is 11.8 Å². The molecule has 0 spiro atoms. The average Bonchev–Trinajstić information content (AvgIpc) is 2.61. The zero-order chi connectivity index (χ0) is 8.55. The first-order chi connectivity index (χ1) is 5.79. The van der Waals surface area contributed by atoms with Crippen LogP contribution in [0.2, 0.25) is 0 Å². The molecule has 12 heavy (non-hydrogen) atoms. The van der Waals surface area contributed by atoms with Crippen LogP contribution < -0.4 is 0 Å². The van der Waals surface area contributed by atoms with E-state index in [0.717, 1.165) is 25.7 Å². The summed E-state index contributed by atoms with van der Waals surface area (Å²) in [5.74, 6) is -0.265. The van der Waals surface area contributed by atoms with Gasteiger partial charge in [-0.15, -0.1) is 0 Å². The summed E-state index contributed by atoms with van der Waals surface area (Å²) in [6, 6.07) is 0.181. The molecule has 0 N–H and O–H groups in total. The summed E-state index contributed by atoms with van der Waals surface area (Å²) in [4.78, 5) is 23.8. The quantitative estimate of drug-likeness (QED) is 0.540. The van der Waals surface area contributed by atoms with Crippen molar-refractivity contribution in [1.82, 2.24) is 4.90 Å². The molecule has 0 aromatic rings. The van der Waals surface area contributed by atoms with Crippen LogP contribution in [-0.4, -0.2) is 22.8 Å². The summed E-state index contributed by atoms with van der Waals surface area (Å²) >= 11 is 0. The van der Waals surface area contributed by atoms with Crippen molar-refractivity contribution in [2.75, 3.05) is 0 Å². The summed E-state index contributed by atoms with van der Waals surface area (Å²) in [6.07, 6.45) is 6.98. The smallest absolute Gasteiger partial charge is 0.253 e. The Morgan fingerprint density at radius 1 is 1.08 bits per heavy atom. The molecule has 2 amide bonds. The van der Waals surface area contributed by atoms with Gasteiger partial charge in [-0.25, -0.2) is 0 Å². The number of hydrogen-bond donors (Lipinski definition) is 0. The molecule has 3 heteroatoms. The van der Waals surface area contributed by atoms with E-state index < -0.39 is 0 Å². The maximum Gasteiger partial charge on any atom is 0.253 e. The van der Waals surface area contributed by atoms with Gasteiger partial charge >= 0.3 is 0 Å². The lowest BCUT2D eigenvalue weighted by Crippen LogP contribution is -2.38. The number of rotatable bonds is 1. The lowest BCUT2D eigenvalue weighted by atomic mass is 10.2. The molecule has 1 aliphatic heterocycles. The fraction of sp³-hybridized carbons (Fsp3) is 0.556. The van der Waals surface area contributed by atoms with Gasteiger partial charge in [-0.3, -0.25) is 14.5 Å². The Balaban J connectivity index is 2.12. The maximum atomic E-state index is 11.2. The van der Waals surface area contributed by atoms with Gasteiger partial charge in [0.15, 0.2) is 0 Å². The van der Waals surface area contributed by atoms with Gasteiger partial charge in [0, 0.05) is 18.2 Å². The number of nitrogens with zero attached hydrogens (tertiary/aromatic N) is 1. The Hall–Kier alpha value is -1.12. The summed E-state index contributed by atoms with van der Waals surface area (Å²) in [5, 5.41) is 0. The monoisotopic (exact) mass is 165 g/mol. The third-order valence-electron chi connectivity index (χ3n) is 2.53. The molecule has 1 heterocycles. The zero-order valence-electron chi connectivity index (χ0n) is 6.82. The molecule has 3 nitrogen and oxygen atoms in total. The predicted molar refractivity (Wildman–Crippen MR) is 43.2 cm³/mol. The number of imide groups is 1. The molecule has 2 rings (SSSR count). The standard InChI is InChI=1S/C9H11NO2/c11-8-5-6-9(12)10(8)7-3-1-2-4-7/h5-7H,1-4H2. The van der Waals surface area contributed by atoms with Gasteiger partial charge in [0.25, 0.3) is 11.8 Å². The Morgan fingerprint density at radius 3 is 2.08 bits per heavy atom. The molecule has 0 atom stereocenters. The normalized spacial score (nSPS) is 24.5. The Labute approximate surface area is 71.0 Å². The van der Waals surface area contributed by atoms with Crippen LogP contribution in [0.1, 0.15) is 25.7 Å². The SMILES string of the molecule is O=C1C=CC(=O)N1C1CCCC1. The average molecular weight is 165 g/mol. The Bertz CT molecular complexity index is 233. The van der Waals surface area contributed by atoms with Crippen LogP contribution >= 0.6 is 0 Å². The number of carbonyl (C=O) groups is 2. The highest BCUT2D eigenvalue weighted by atomic mass is 16.2. The summed E-state index contributed by atoms with van der Waals surface area (Å²) in [6.45, 7) is 0. The van der Waals surface area contributed by atoms with E-state index in [1.807, 2.05) is 0 Å². The Kier molecular flexibility index (Phi) is 1.71. The van der Waals surface area contributed by atoms with Gasteiger partial charge in [-0.05, 0) is 12.8 Å². The van der Waals surface area contributed by atoms with Crippen LogP contribution in [-0.2, 0) is 9.59 Å². The third kappa shape index (κ3) is 1.05. The molecule has 1 saturated carbocycles. The van der Waals surface area contributed by atoms with Crippen molar-refractivity contribution in [3.05, 3.63) is 12.2 Å². The second-order valence-electron chi connectivity index (χ2n) is 3.32. The van der Waals surface area contributed by atoms with Crippen LogP contribution in [0.5, 0.6) is 0 Å². The van der Waals surface area contributed by atoms with Crippen LogP contribution in [0.15, 0.2) is 12.2 Å². The first kappa shape index (κ1) is 7.53. The second kappa shape index (κ2) is 2.73.